The number of ether oxygens (including phenoxy) is 2. The Morgan fingerprint density at radius 3 is 2.74 bits per heavy atom. The van der Waals surface area contributed by atoms with Gasteiger partial charge in [-0.3, -0.25) is 0 Å². The molecule has 6 nitrogen and oxygen atoms in total. The van der Waals surface area contributed by atoms with Crippen molar-refractivity contribution in [2.45, 2.75) is 11.8 Å². The maximum Gasteiger partial charge on any atom is 0.409 e. The first kappa shape index (κ1) is 15.6. The standard InChI is InChI=1S/C15H13N3O3S2/c1-22-15-17-12(11-6-7-23-13(11)18-15)20-8-9-2-4-10(5-3-9)21-14(16)19/h2-7H,8H2,1H3,(H2,16,19). The van der Waals surface area contributed by atoms with Gasteiger partial charge in [0.2, 0.25) is 5.88 Å². The lowest BCUT2D eigenvalue weighted by Crippen LogP contribution is -2.16. The van der Waals surface area contributed by atoms with Crippen LogP contribution < -0.4 is 15.2 Å². The Balaban J connectivity index is 1.75. The summed E-state index contributed by atoms with van der Waals surface area (Å²) in [6.07, 6.45) is 1.09. The molecule has 1 aromatic carbocycles. The molecule has 0 saturated carbocycles. The minimum Gasteiger partial charge on any atom is -0.472 e. The van der Waals surface area contributed by atoms with Crippen molar-refractivity contribution in [2.75, 3.05) is 6.26 Å². The van der Waals surface area contributed by atoms with Gasteiger partial charge in [0, 0.05) is 0 Å². The van der Waals surface area contributed by atoms with Crippen LogP contribution in [0.1, 0.15) is 5.56 Å². The Hall–Kier alpha value is -2.32. The summed E-state index contributed by atoms with van der Waals surface area (Å²) in [5.41, 5.74) is 5.89. The monoisotopic (exact) mass is 347 g/mol. The number of thiophene rings is 1. The Bertz CT molecular complexity index is 834. The number of aromatic nitrogens is 2. The van der Waals surface area contributed by atoms with Gasteiger partial charge in [0.05, 0.1) is 5.39 Å². The zero-order valence-corrected chi connectivity index (χ0v) is 13.8. The van der Waals surface area contributed by atoms with Crippen molar-refractivity contribution < 1.29 is 14.3 Å². The van der Waals surface area contributed by atoms with Crippen LogP contribution in [-0.2, 0) is 6.61 Å². The van der Waals surface area contributed by atoms with E-state index in [0.29, 0.717) is 23.4 Å². The Morgan fingerprint density at radius 1 is 1.26 bits per heavy atom. The number of nitrogens with zero attached hydrogens (tertiary/aromatic N) is 2. The lowest BCUT2D eigenvalue weighted by atomic mass is 10.2. The minimum atomic E-state index is -0.834. The third-order valence-electron chi connectivity index (χ3n) is 2.97. The zero-order valence-electron chi connectivity index (χ0n) is 12.2. The summed E-state index contributed by atoms with van der Waals surface area (Å²) in [6.45, 7) is 0.354. The van der Waals surface area contributed by atoms with E-state index in [4.69, 9.17) is 15.2 Å². The molecule has 0 saturated heterocycles. The number of hydrogen-bond donors (Lipinski definition) is 1. The number of fused-ring (bicyclic) bond motifs is 1. The molecular weight excluding hydrogens is 334 g/mol. The van der Waals surface area contributed by atoms with Crippen molar-refractivity contribution in [3.8, 4) is 11.6 Å². The van der Waals surface area contributed by atoms with E-state index in [1.807, 2.05) is 17.7 Å². The average molecular weight is 347 g/mol. The van der Waals surface area contributed by atoms with Gasteiger partial charge in [-0.25, -0.2) is 9.78 Å². The van der Waals surface area contributed by atoms with Crippen LogP contribution in [0.4, 0.5) is 4.79 Å². The summed E-state index contributed by atoms with van der Waals surface area (Å²) in [4.78, 5) is 20.4. The highest BCUT2D eigenvalue weighted by Gasteiger charge is 2.10. The molecule has 0 aliphatic carbocycles. The van der Waals surface area contributed by atoms with Gasteiger partial charge in [-0.05, 0) is 35.4 Å². The molecule has 0 aliphatic rings. The van der Waals surface area contributed by atoms with Crippen LogP contribution in [0.5, 0.6) is 11.6 Å². The lowest BCUT2D eigenvalue weighted by molar-refractivity contribution is 0.211. The second-order valence-electron chi connectivity index (χ2n) is 4.51. The highest BCUT2D eigenvalue weighted by atomic mass is 32.2. The van der Waals surface area contributed by atoms with Crippen LogP contribution in [0, 0.1) is 0 Å². The molecule has 2 aromatic heterocycles. The summed E-state index contributed by atoms with van der Waals surface area (Å²) in [6, 6.07) is 8.89. The summed E-state index contributed by atoms with van der Waals surface area (Å²) in [5.74, 6) is 0.964. The second-order valence-corrected chi connectivity index (χ2v) is 6.18. The summed E-state index contributed by atoms with van der Waals surface area (Å²) in [7, 11) is 0. The fraction of sp³-hybridized carbons (Fsp3) is 0.133. The number of carbonyl (C=O) groups is 1. The van der Waals surface area contributed by atoms with Gasteiger partial charge < -0.3 is 15.2 Å². The lowest BCUT2D eigenvalue weighted by Gasteiger charge is -2.08. The van der Waals surface area contributed by atoms with E-state index < -0.39 is 6.09 Å². The number of rotatable bonds is 5. The number of carbonyl (C=O) groups excluding carboxylic acids is 1. The van der Waals surface area contributed by atoms with Crippen molar-refractivity contribution in [1.29, 1.82) is 0 Å². The van der Waals surface area contributed by atoms with E-state index >= 15 is 0 Å². The molecular formula is C15H13N3O3S2. The van der Waals surface area contributed by atoms with Crippen molar-refractivity contribution in [3.05, 3.63) is 41.3 Å². The molecule has 0 spiro atoms. The van der Waals surface area contributed by atoms with Crippen LogP contribution in [0.15, 0.2) is 40.9 Å². The topological polar surface area (TPSA) is 87.3 Å². The molecule has 3 rings (SSSR count). The minimum absolute atomic E-state index is 0.354. The van der Waals surface area contributed by atoms with E-state index in [0.717, 1.165) is 15.8 Å². The SMILES string of the molecule is CSc1nc(OCc2ccc(OC(N)=O)cc2)c2ccsc2n1. The summed E-state index contributed by atoms with van der Waals surface area (Å²) < 4.78 is 10.6. The van der Waals surface area contributed by atoms with Crippen molar-refractivity contribution in [2.24, 2.45) is 5.73 Å². The number of hydrogen-bond acceptors (Lipinski definition) is 7. The molecule has 3 aromatic rings. The molecule has 0 unspecified atom stereocenters. The summed E-state index contributed by atoms with van der Waals surface area (Å²) in [5, 5.41) is 3.55. The fourth-order valence-corrected chi connectivity index (χ4v) is 3.10. The Kier molecular flexibility index (Phi) is 4.63. The number of thioether (sulfide) groups is 1. The van der Waals surface area contributed by atoms with E-state index in [1.54, 1.807) is 35.6 Å². The molecule has 118 valence electrons. The van der Waals surface area contributed by atoms with Crippen molar-refractivity contribution in [3.63, 3.8) is 0 Å². The van der Waals surface area contributed by atoms with Crippen LogP contribution >= 0.6 is 23.1 Å². The van der Waals surface area contributed by atoms with Gasteiger partial charge in [0.15, 0.2) is 5.16 Å². The van der Waals surface area contributed by atoms with Gasteiger partial charge in [0.25, 0.3) is 0 Å². The average Bonchev–Trinajstić information content (AvgIpc) is 3.01. The van der Waals surface area contributed by atoms with E-state index in [9.17, 15) is 4.79 Å². The van der Waals surface area contributed by atoms with Gasteiger partial charge in [-0.15, -0.1) is 11.3 Å². The van der Waals surface area contributed by atoms with Crippen LogP contribution in [0.3, 0.4) is 0 Å². The van der Waals surface area contributed by atoms with Crippen LogP contribution in [0.2, 0.25) is 0 Å². The van der Waals surface area contributed by atoms with Crippen molar-refractivity contribution in [1.82, 2.24) is 9.97 Å². The van der Waals surface area contributed by atoms with Crippen molar-refractivity contribution >= 4 is 39.4 Å². The molecule has 0 atom stereocenters. The number of nitrogens with two attached hydrogens (primary N) is 1. The second kappa shape index (κ2) is 6.84. The highest BCUT2D eigenvalue weighted by molar-refractivity contribution is 7.98. The number of amides is 1. The predicted octanol–water partition coefficient (Wildman–Crippen LogP) is 3.45. The molecule has 0 aliphatic heterocycles. The first-order valence-electron chi connectivity index (χ1n) is 6.64. The smallest absolute Gasteiger partial charge is 0.409 e. The zero-order chi connectivity index (χ0) is 16.2. The third kappa shape index (κ3) is 3.72. The molecule has 2 heterocycles. The number of benzene rings is 1. The van der Waals surface area contributed by atoms with Gasteiger partial charge >= 0.3 is 6.09 Å². The molecule has 23 heavy (non-hydrogen) atoms. The third-order valence-corrected chi connectivity index (χ3v) is 4.32. The molecule has 2 N–H and O–H groups in total. The molecule has 8 heteroatoms. The Labute approximate surface area is 140 Å². The first-order valence-corrected chi connectivity index (χ1v) is 8.74. The maximum absolute atomic E-state index is 10.7. The molecule has 0 bridgehead atoms. The van der Waals surface area contributed by atoms with Gasteiger partial charge in [0.1, 0.15) is 17.2 Å². The van der Waals surface area contributed by atoms with Crippen LogP contribution in [-0.4, -0.2) is 22.3 Å². The number of primary amides is 1. The molecule has 1 amide bonds. The molecule has 0 fully saturated rings. The molecule has 0 radical (unpaired) electrons. The largest absolute Gasteiger partial charge is 0.472 e. The predicted molar refractivity (Wildman–Crippen MR) is 90.2 cm³/mol. The van der Waals surface area contributed by atoms with Crippen LogP contribution in [0.25, 0.3) is 10.2 Å². The van der Waals surface area contributed by atoms with E-state index in [-0.39, 0.29) is 0 Å². The van der Waals surface area contributed by atoms with Gasteiger partial charge in [-0.2, -0.15) is 4.98 Å². The fourth-order valence-electron chi connectivity index (χ4n) is 1.93. The Morgan fingerprint density at radius 2 is 2.04 bits per heavy atom. The summed E-state index contributed by atoms with van der Waals surface area (Å²) >= 11 is 3.03. The highest BCUT2D eigenvalue weighted by Crippen LogP contribution is 2.29. The quantitative estimate of drug-likeness (QED) is 0.562. The maximum atomic E-state index is 10.7. The van der Waals surface area contributed by atoms with Gasteiger partial charge in [-0.1, -0.05) is 23.9 Å². The first-order chi connectivity index (χ1) is 11.2. The van der Waals surface area contributed by atoms with E-state index in [1.165, 1.54) is 11.8 Å². The normalized spacial score (nSPS) is 10.7. The van der Waals surface area contributed by atoms with E-state index in [2.05, 4.69) is 9.97 Å².